The molecule has 1 aliphatic rings. The lowest BCUT2D eigenvalue weighted by Crippen LogP contribution is -2.57. The van der Waals surface area contributed by atoms with E-state index in [1.807, 2.05) is 0 Å². The lowest BCUT2D eigenvalue weighted by Gasteiger charge is -2.39. The first kappa shape index (κ1) is 18.7. The molecule has 6 N–H and O–H groups in total. The predicted molar refractivity (Wildman–Crippen MR) is 82.5 cm³/mol. The van der Waals surface area contributed by atoms with Gasteiger partial charge in [-0.15, -0.1) is 0 Å². The van der Waals surface area contributed by atoms with E-state index < -0.39 is 48.7 Å². The molecule has 1 saturated carbocycles. The van der Waals surface area contributed by atoms with Gasteiger partial charge < -0.3 is 35.4 Å². The van der Waals surface area contributed by atoms with Crippen LogP contribution in [0.4, 0.5) is 0 Å². The molecule has 0 radical (unpaired) electrons. The van der Waals surface area contributed by atoms with Crippen LogP contribution in [-0.4, -0.2) is 66.5 Å². The maximum Gasteiger partial charge on any atom is 0.335 e. The van der Waals surface area contributed by atoms with Crippen LogP contribution in [0.2, 0.25) is 0 Å². The Morgan fingerprint density at radius 2 is 1.84 bits per heavy atom. The summed E-state index contributed by atoms with van der Waals surface area (Å²) in [4.78, 5) is 22.9. The van der Waals surface area contributed by atoms with Crippen LogP contribution in [0.25, 0.3) is 6.08 Å². The standard InChI is InChI=1S/C16H18O9/c17-9-3-1-8(5-10(9)18)2-4-13(20)25-12-7-16(24,15(22)23)6-11(19)14(12)21/h1-5,11-12,14,17-19,21,24H,6-7H2,(H,22,23)/b4-2+/t11-,12+,14+,16-/m1/s1. The highest BCUT2D eigenvalue weighted by atomic mass is 16.6. The van der Waals surface area contributed by atoms with Crippen molar-refractivity contribution in [3.05, 3.63) is 29.8 Å². The fourth-order valence-corrected chi connectivity index (χ4v) is 2.53. The highest BCUT2D eigenvalue weighted by molar-refractivity contribution is 5.87. The maximum atomic E-state index is 11.8. The summed E-state index contributed by atoms with van der Waals surface area (Å²) < 4.78 is 4.92. The van der Waals surface area contributed by atoms with E-state index in [-0.39, 0.29) is 11.5 Å². The molecule has 0 aliphatic heterocycles. The van der Waals surface area contributed by atoms with E-state index in [4.69, 9.17) is 9.84 Å². The van der Waals surface area contributed by atoms with Crippen LogP contribution in [-0.2, 0) is 14.3 Å². The number of benzene rings is 1. The SMILES string of the molecule is O=C(/C=C/c1ccc(O)c(O)c1)O[C@H]1C[C@@](O)(C(=O)O)C[C@@H](O)[C@@H]1O. The molecular weight excluding hydrogens is 336 g/mol. The second-order valence-corrected chi connectivity index (χ2v) is 5.86. The monoisotopic (exact) mass is 354 g/mol. The number of rotatable bonds is 4. The van der Waals surface area contributed by atoms with Gasteiger partial charge in [-0.1, -0.05) is 6.07 Å². The molecule has 0 amide bonds. The van der Waals surface area contributed by atoms with Crippen LogP contribution in [0.3, 0.4) is 0 Å². The van der Waals surface area contributed by atoms with Gasteiger partial charge in [0.1, 0.15) is 12.2 Å². The molecule has 0 bridgehead atoms. The third-order valence-corrected chi connectivity index (χ3v) is 3.94. The number of hydrogen-bond acceptors (Lipinski definition) is 8. The van der Waals surface area contributed by atoms with Crippen LogP contribution in [0.5, 0.6) is 11.5 Å². The van der Waals surface area contributed by atoms with Crippen molar-refractivity contribution in [3.63, 3.8) is 0 Å². The van der Waals surface area contributed by atoms with Crippen molar-refractivity contribution in [2.75, 3.05) is 0 Å². The van der Waals surface area contributed by atoms with E-state index in [0.29, 0.717) is 5.56 Å². The maximum absolute atomic E-state index is 11.8. The second-order valence-electron chi connectivity index (χ2n) is 5.86. The molecule has 1 aliphatic carbocycles. The van der Waals surface area contributed by atoms with E-state index >= 15 is 0 Å². The molecule has 9 heteroatoms. The van der Waals surface area contributed by atoms with E-state index in [1.54, 1.807) is 0 Å². The molecule has 0 heterocycles. The smallest absolute Gasteiger partial charge is 0.335 e. The molecule has 1 fully saturated rings. The Labute approximate surface area is 142 Å². The number of esters is 1. The molecule has 25 heavy (non-hydrogen) atoms. The van der Waals surface area contributed by atoms with E-state index in [2.05, 4.69) is 0 Å². The number of phenols is 2. The summed E-state index contributed by atoms with van der Waals surface area (Å²) in [5.41, 5.74) is -1.94. The zero-order chi connectivity index (χ0) is 18.8. The summed E-state index contributed by atoms with van der Waals surface area (Å²) in [6.45, 7) is 0. The third kappa shape index (κ3) is 4.27. The molecule has 9 nitrogen and oxygen atoms in total. The largest absolute Gasteiger partial charge is 0.504 e. The number of carboxylic acids is 1. The number of aliphatic hydroxyl groups is 3. The van der Waals surface area contributed by atoms with Crippen LogP contribution < -0.4 is 0 Å². The molecular formula is C16H18O9. The van der Waals surface area contributed by atoms with Crippen molar-refractivity contribution in [1.29, 1.82) is 0 Å². The van der Waals surface area contributed by atoms with Gasteiger partial charge >= 0.3 is 11.9 Å². The van der Waals surface area contributed by atoms with Crippen molar-refractivity contribution in [2.24, 2.45) is 0 Å². The van der Waals surface area contributed by atoms with Gasteiger partial charge in [0.2, 0.25) is 0 Å². The topological polar surface area (TPSA) is 165 Å². The van der Waals surface area contributed by atoms with E-state index in [9.17, 15) is 35.1 Å². The van der Waals surface area contributed by atoms with Crippen molar-refractivity contribution in [1.82, 2.24) is 0 Å². The van der Waals surface area contributed by atoms with Crippen molar-refractivity contribution >= 4 is 18.0 Å². The zero-order valence-electron chi connectivity index (χ0n) is 12.9. The number of aliphatic carboxylic acids is 1. The minimum atomic E-state index is -2.31. The summed E-state index contributed by atoms with van der Waals surface area (Å²) in [6, 6.07) is 3.83. The number of phenolic OH excluding ortho intramolecular Hbond substituents is 2. The second kappa shape index (κ2) is 7.09. The van der Waals surface area contributed by atoms with Gasteiger partial charge in [-0.2, -0.15) is 0 Å². The fourth-order valence-electron chi connectivity index (χ4n) is 2.53. The zero-order valence-corrected chi connectivity index (χ0v) is 12.9. The summed E-state index contributed by atoms with van der Waals surface area (Å²) in [5.74, 6) is -3.24. The Morgan fingerprint density at radius 3 is 2.44 bits per heavy atom. The number of aromatic hydroxyl groups is 2. The fraction of sp³-hybridized carbons (Fsp3) is 0.375. The normalized spacial score (nSPS) is 29.5. The highest BCUT2D eigenvalue weighted by Gasteiger charge is 2.50. The van der Waals surface area contributed by atoms with E-state index in [1.165, 1.54) is 24.3 Å². The number of aliphatic hydroxyl groups excluding tert-OH is 2. The van der Waals surface area contributed by atoms with Gasteiger partial charge in [-0.05, 0) is 23.8 Å². The minimum absolute atomic E-state index is 0.327. The quantitative estimate of drug-likeness (QED) is 0.234. The molecule has 4 atom stereocenters. The first-order valence-corrected chi connectivity index (χ1v) is 7.35. The Morgan fingerprint density at radius 1 is 1.16 bits per heavy atom. The van der Waals surface area contributed by atoms with Gasteiger partial charge in [0, 0.05) is 18.9 Å². The first-order chi connectivity index (χ1) is 11.6. The lowest BCUT2D eigenvalue weighted by atomic mass is 9.79. The van der Waals surface area contributed by atoms with Gasteiger partial charge in [-0.3, -0.25) is 0 Å². The van der Waals surface area contributed by atoms with Gasteiger partial charge in [0.25, 0.3) is 0 Å². The highest BCUT2D eigenvalue weighted by Crippen LogP contribution is 2.31. The number of ether oxygens (including phenoxy) is 1. The van der Waals surface area contributed by atoms with Crippen LogP contribution in [0, 0.1) is 0 Å². The number of carboxylic acid groups (broad SMARTS) is 1. The molecule has 0 aromatic heterocycles. The number of carbonyl (C=O) groups is 2. The Balaban J connectivity index is 2.06. The van der Waals surface area contributed by atoms with Crippen molar-refractivity contribution in [2.45, 2.75) is 36.8 Å². The summed E-state index contributed by atoms with van der Waals surface area (Å²) >= 11 is 0. The first-order valence-electron chi connectivity index (χ1n) is 7.35. The molecule has 0 unspecified atom stereocenters. The Bertz CT molecular complexity index is 699. The van der Waals surface area contributed by atoms with Gasteiger partial charge in [-0.25, -0.2) is 9.59 Å². The number of hydrogen-bond donors (Lipinski definition) is 6. The third-order valence-electron chi connectivity index (χ3n) is 3.94. The average Bonchev–Trinajstić information content (AvgIpc) is 2.53. The van der Waals surface area contributed by atoms with Gasteiger partial charge in [0.15, 0.2) is 17.1 Å². The minimum Gasteiger partial charge on any atom is -0.504 e. The molecule has 136 valence electrons. The molecule has 1 aromatic rings. The van der Waals surface area contributed by atoms with Crippen LogP contribution in [0.15, 0.2) is 24.3 Å². The summed E-state index contributed by atoms with van der Waals surface area (Å²) in [5, 5.41) is 57.0. The Hall–Kier alpha value is -2.62. The van der Waals surface area contributed by atoms with Crippen LogP contribution in [0.1, 0.15) is 18.4 Å². The molecule has 2 rings (SSSR count). The summed E-state index contributed by atoms with van der Waals surface area (Å²) in [6.07, 6.45) is -3.44. The molecule has 0 spiro atoms. The predicted octanol–water partition coefficient (Wildman–Crippen LogP) is -0.646. The van der Waals surface area contributed by atoms with Crippen molar-refractivity contribution < 1.29 is 45.0 Å². The van der Waals surface area contributed by atoms with E-state index in [0.717, 1.165) is 6.08 Å². The van der Waals surface area contributed by atoms with Gasteiger partial charge in [0.05, 0.1) is 6.10 Å². The molecule has 1 aromatic carbocycles. The number of carbonyl (C=O) groups excluding carboxylic acids is 1. The summed E-state index contributed by atoms with van der Waals surface area (Å²) in [7, 11) is 0. The lowest BCUT2D eigenvalue weighted by molar-refractivity contribution is -0.196. The Kier molecular flexibility index (Phi) is 5.31. The molecule has 0 saturated heterocycles. The average molecular weight is 354 g/mol. The van der Waals surface area contributed by atoms with Crippen LogP contribution >= 0.6 is 0 Å². The van der Waals surface area contributed by atoms with Crippen molar-refractivity contribution in [3.8, 4) is 11.5 Å².